The number of amides is 1. The summed E-state index contributed by atoms with van der Waals surface area (Å²) in [7, 11) is 0. The highest BCUT2D eigenvalue weighted by molar-refractivity contribution is 7.08. The molecule has 0 saturated carbocycles. The van der Waals surface area contributed by atoms with Crippen LogP contribution in [-0.2, 0) is 11.2 Å². The molecule has 0 fully saturated rings. The number of nitrogens with one attached hydrogen (secondary N) is 1. The number of hydrogen-bond donors (Lipinski definition) is 2. The maximum absolute atomic E-state index is 11.8. The van der Waals surface area contributed by atoms with Gasteiger partial charge in [-0.1, -0.05) is 30.3 Å². The zero-order chi connectivity index (χ0) is 13.7. The van der Waals surface area contributed by atoms with Gasteiger partial charge in [0.05, 0.1) is 11.3 Å². The summed E-state index contributed by atoms with van der Waals surface area (Å²) in [6, 6.07) is 9.69. The second kappa shape index (κ2) is 6.15. The first-order valence-corrected chi connectivity index (χ1v) is 6.74. The number of rotatable bonds is 5. The summed E-state index contributed by atoms with van der Waals surface area (Å²) in [4.78, 5) is 22.7. The number of hydrogen-bond acceptors (Lipinski definition) is 3. The van der Waals surface area contributed by atoms with Crippen LogP contribution in [0.4, 0.5) is 5.69 Å². The summed E-state index contributed by atoms with van der Waals surface area (Å²) < 4.78 is 0. The van der Waals surface area contributed by atoms with E-state index in [4.69, 9.17) is 5.11 Å². The van der Waals surface area contributed by atoms with Crippen molar-refractivity contribution in [2.45, 2.75) is 12.8 Å². The largest absolute Gasteiger partial charge is 0.478 e. The predicted octanol–water partition coefficient (Wildman–Crippen LogP) is 3.02. The Morgan fingerprint density at radius 1 is 1.16 bits per heavy atom. The molecule has 2 N–H and O–H groups in total. The number of benzene rings is 1. The highest BCUT2D eigenvalue weighted by Crippen LogP contribution is 2.21. The summed E-state index contributed by atoms with van der Waals surface area (Å²) in [6.45, 7) is 0. The van der Waals surface area contributed by atoms with Crippen molar-refractivity contribution >= 4 is 28.9 Å². The first-order chi connectivity index (χ1) is 9.16. The van der Waals surface area contributed by atoms with Gasteiger partial charge in [-0.25, -0.2) is 4.79 Å². The number of aryl methyl sites for hydroxylation is 1. The molecule has 0 atom stereocenters. The number of aromatic carboxylic acids is 1. The third-order valence-corrected chi connectivity index (χ3v) is 3.39. The molecule has 4 nitrogen and oxygen atoms in total. The number of carbonyl (C=O) groups excluding carboxylic acids is 1. The van der Waals surface area contributed by atoms with Crippen molar-refractivity contribution in [3.8, 4) is 0 Å². The monoisotopic (exact) mass is 275 g/mol. The van der Waals surface area contributed by atoms with Crippen LogP contribution in [0.1, 0.15) is 22.3 Å². The van der Waals surface area contributed by atoms with E-state index in [1.54, 1.807) is 5.38 Å². The normalized spacial score (nSPS) is 10.1. The van der Waals surface area contributed by atoms with Gasteiger partial charge in [0.1, 0.15) is 0 Å². The van der Waals surface area contributed by atoms with E-state index in [0.717, 1.165) is 5.56 Å². The average Bonchev–Trinajstić information content (AvgIpc) is 2.86. The fourth-order valence-electron chi connectivity index (χ4n) is 1.67. The zero-order valence-electron chi connectivity index (χ0n) is 10.1. The first kappa shape index (κ1) is 13.3. The van der Waals surface area contributed by atoms with Crippen LogP contribution in [0.2, 0.25) is 0 Å². The minimum atomic E-state index is -1.03. The summed E-state index contributed by atoms with van der Waals surface area (Å²) >= 11 is 1.26. The van der Waals surface area contributed by atoms with Crippen LogP contribution in [-0.4, -0.2) is 17.0 Å². The number of thiophene rings is 1. The Morgan fingerprint density at radius 2 is 1.89 bits per heavy atom. The molecule has 0 spiro atoms. The van der Waals surface area contributed by atoms with E-state index in [-0.39, 0.29) is 11.5 Å². The lowest BCUT2D eigenvalue weighted by Crippen LogP contribution is -2.14. The molecule has 0 radical (unpaired) electrons. The maximum atomic E-state index is 11.8. The molecule has 0 saturated heterocycles. The molecule has 0 unspecified atom stereocenters. The highest BCUT2D eigenvalue weighted by atomic mass is 32.1. The zero-order valence-corrected chi connectivity index (χ0v) is 10.9. The van der Waals surface area contributed by atoms with Gasteiger partial charge in [-0.2, -0.15) is 0 Å². The highest BCUT2D eigenvalue weighted by Gasteiger charge is 2.13. The summed E-state index contributed by atoms with van der Waals surface area (Å²) in [5, 5.41) is 14.7. The third kappa shape index (κ3) is 3.66. The van der Waals surface area contributed by atoms with Crippen LogP contribution in [0.3, 0.4) is 0 Å². The summed E-state index contributed by atoms with van der Waals surface area (Å²) in [5.74, 6) is -1.20. The Balaban J connectivity index is 1.91. The maximum Gasteiger partial charge on any atom is 0.338 e. The van der Waals surface area contributed by atoms with E-state index in [1.807, 2.05) is 30.3 Å². The molecular formula is C14H13NO3S. The van der Waals surface area contributed by atoms with E-state index < -0.39 is 5.97 Å². The fourth-order valence-corrected chi connectivity index (χ4v) is 2.43. The van der Waals surface area contributed by atoms with Crippen LogP contribution in [0.5, 0.6) is 0 Å². The summed E-state index contributed by atoms with van der Waals surface area (Å²) in [5.41, 5.74) is 1.59. The smallest absolute Gasteiger partial charge is 0.338 e. The molecule has 0 aliphatic heterocycles. The molecule has 19 heavy (non-hydrogen) atoms. The Morgan fingerprint density at radius 3 is 2.58 bits per heavy atom. The van der Waals surface area contributed by atoms with Crippen molar-refractivity contribution in [3.05, 3.63) is 52.2 Å². The number of carboxylic acids is 1. The Hall–Kier alpha value is -2.14. The lowest BCUT2D eigenvalue weighted by molar-refractivity contribution is -0.116. The van der Waals surface area contributed by atoms with Crippen LogP contribution in [0.25, 0.3) is 0 Å². The minimum absolute atomic E-state index is 0.137. The van der Waals surface area contributed by atoms with Crippen molar-refractivity contribution in [1.82, 2.24) is 0 Å². The van der Waals surface area contributed by atoms with E-state index >= 15 is 0 Å². The van der Waals surface area contributed by atoms with Crippen molar-refractivity contribution in [3.63, 3.8) is 0 Å². The number of anilines is 1. The van der Waals surface area contributed by atoms with Gasteiger partial charge in [0.15, 0.2) is 0 Å². The lowest BCUT2D eigenvalue weighted by Gasteiger charge is -2.04. The van der Waals surface area contributed by atoms with E-state index in [0.29, 0.717) is 18.5 Å². The van der Waals surface area contributed by atoms with Crippen LogP contribution < -0.4 is 5.32 Å². The van der Waals surface area contributed by atoms with Crippen LogP contribution in [0, 0.1) is 0 Å². The molecular weight excluding hydrogens is 262 g/mol. The average molecular weight is 275 g/mol. The summed E-state index contributed by atoms with van der Waals surface area (Å²) in [6.07, 6.45) is 0.970. The van der Waals surface area contributed by atoms with Gasteiger partial charge in [-0.15, -0.1) is 11.3 Å². The van der Waals surface area contributed by atoms with Crippen molar-refractivity contribution < 1.29 is 14.7 Å². The van der Waals surface area contributed by atoms with E-state index in [9.17, 15) is 9.59 Å². The first-order valence-electron chi connectivity index (χ1n) is 5.80. The molecule has 2 rings (SSSR count). The molecule has 0 aliphatic rings. The Bertz CT molecular complexity index is 577. The van der Waals surface area contributed by atoms with E-state index in [1.165, 1.54) is 16.7 Å². The molecule has 98 valence electrons. The lowest BCUT2D eigenvalue weighted by atomic mass is 10.1. The molecule has 1 aromatic carbocycles. The Kier molecular flexibility index (Phi) is 4.30. The van der Waals surface area contributed by atoms with Gasteiger partial charge in [0.2, 0.25) is 5.91 Å². The van der Waals surface area contributed by atoms with Crippen molar-refractivity contribution in [2.75, 3.05) is 5.32 Å². The fraction of sp³-hybridized carbons (Fsp3) is 0.143. The van der Waals surface area contributed by atoms with Gasteiger partial charge in [-0.3, -0.25) is 4.79 Å². The molecule has 0 bridgehead atoms. The van der Waals surface area contributed by atoms with Crippen LogP contribution in [0.15, 0.2) is 41.1 Å². The molecule has 1 amide bonds. The van der Waals surface area contributed by atoms with E-state index in [2.05, 4.69) is 5.32 Å². The van der Waals surface area contributed by atoms with Gasteiger partial charge in [-0.05, 0) is 12.0 Å². The van der Waals surface area contributed by atoms with Crippen molar-refractivity contribution in [2.24, 2.45) is 0 Å². The molecule has 0 aliphatic carbocycles. The topological polar surface area (TPSA) is 66.4 Å². The van der Waals surface area contributed by atoms with Gasteiger partial charge >= 0.3 is 5.97 Å². The van der Waals surface area contributed by atoms with Gasteiger partial charge in [0, 0.05) is 17.2 Å². The predicted molar refractivity (Wildman–Crippen MR) is 74.7 cm³/mol. The number of carboxylic acid groups (broad SMARTS) is 1. The SMILES string of the molecule is O=C(CCc1ccccc1)Nc1cscc1C(=O)O. The molecule has 1 aromatic heterocycles. The molecule has 1 heterocycles. The second-order valence-corrected chi connectivity index (χ2v) is 4.78. The van der Waals surface area contributed by atoms with Gasteiger partial charge < -0.3 is 10.4 Å². The number of carbonyl (C=O) groups is 2. The Labute approximate surface area is 114 Å². The van der Waals surface area contributed by atoms with Crippen molar-refractivity contribution in [1.29, 1.82) is 0 Å². The second-order valence-electron chi connectivity index (χ2n) is 4.04. The standard InChI is InChI=1S/C14H13NO3S/c16-13(7-6-10-4-2-1-3-5-10)15-12-9-19-8-11(12)14(17)18/h1-5,8-9H,6-7H2,(H,15,16)(H,17,18). The molecule has 5 heteroatoms. The van der Waals surface area contributed by atoms with Gasteiger partial charge in [0.25, 0.3) is 0 Å². The quantitative estimate of drug-likeness (QED) is 0.881. The van der Waals surface area contributed by atoms with Crippen LogP contribution >= 0.6 is 11.3 Å². The molecule has 2 aromatic rings. The minimum Gasteiger partial charge on any atom is -0.478 e. The third-order valence-electron chi connectivity index (χ3n) is 2.65.